The van der Waals surface area contributed by atoms with Crippen molar-refractivity contribution in [1.82, 2.24) is 4.31 Å². The van der Waals surface area contributed by atoms with Crippen molar-refractivity contribution in [3.63, 3.8) is 0 Å². The van der Waals surface area contributed by atoms with Crippen LogP contribution in [-0.4, -0.2) is 31.1 Å². The summed E-state index contributed by atoms with van der Waals surface area (Å²) in [6.45, 7) is 4.13. The van der Waals surface area contributed by atoms with Gasteiger partial charge in [-0.1, -0.05) is 18.2 Å². The Labute approximate surface area is 103 Å². The van der Waals surface area contributed by atoms with Crippen molar-refractivity contribution in [3.8, 4) is 0 Å². The first kappa shape index (κ1) is 13.5. The Hall–Kier alpha value is -0.520. The van der Waals surface area contributed by atoms with Gasteiger partial charge in [-0.25, -0.2) is 8.42 Å². The molecule has 0 aliphatic heterocycles. The molecule has 0 atom stereocenters. The minimum Gasteiger partial charge on any atom is -0.207 e. The molecule has 0 bridgehead atoms. The van der Waals surface area contributed by atoms with Crippen LogP contribution < -0.4 is 0 Å². The molecule has 3 nitrogen and oxygen atoms in total. The topological polar surface area (TPSA) is 37.4 Å². The maximum Gasteiger partial charge on any atom is 0.242 e. The van der Waals surface area contributed by atoms with E-state index in [1.165, 1.54) is 4.31 Å². The van der Waals surface area contributed by atoms with Gasteiger partial charge in [0.05, 0.1) is 4.90 Å². The molecule has 0 fully saturated rings. The summed E-state index contributed by atoms with van der Waals surface area (Å²) in [5.74, 6) is 0. The van der Waals surface area contributed by atoms with Gasteiger partial charge in [0, 0.05) is 18.3 Å². The summed E-state index contributed by atoms with van der Waals surface area (Å²) in [6, 6.07) is 8.41. The second-order valence-electron chi connectivity index (χ2n) is 4.39. The maximum atomic E-state index is 12.1. The second-order valence-corrected chi connectivity index (χ2v) is 7.64. The number of nitrogens with zero attached hydrogens (tertiary/aromatic N) is 1. The zero-order chi connectivity index (χ0) is 12.4. The van der Waals surface area contributed by atoms with Crippen LogP contribution in [0.25, 0.3) is 0 Å². The highest BCUT2D eigenvalue weighted by Gasteiger charge is 2.25. The van der Waals surface area contributed by atoms with E-state index in [0.29, 0.717) is 11.4 Å². The zero-order valence-corrected chi connectivity index (χ0v) is 11.4. The molecule has 16 heavy (non-hydrogen) atoms. The largest absolute Gasteiger partial charge is 0.242 e. The van der Waals surface area contributed by atoms with E-state index >= 15 is 0 Å². The highest BCUT2D eigenvalue weighted by atomic mass is 32.2. The Kier molecular flexibility index (Phi) is 4.04. The Morgan fingerprint density at radius 1 is 1.25 bits per heavy atom. The summed E-state index contributed by atoms with van der Waals surface area (Å²) < 4.78 is 25.2. The fraction of sp³-hybridized carbons (Fsp3) is 0.455. The van der Waals surface area contributed by atoms with Gasteiger partial charge >= 0.3 is 0 Å². The molecule has 90 valence electrons. The number of hydrogen-bond acceptors (Lipinski definition) is 3. The van der Waals surface area contributed by atoms with Gasteiger partial charge in [-0.3, -0.25) is 0 Å². The molecular weight excluding hydrogens is 242 g/mol. The smallest absolute Gasteiger partial charge is 0.207 e. The molecule has 1 rings (SSSR count). The Morgan fingerprint density at radius 2 is 1.75 bits per heavy atom. The first-order chi connectivity index (χ1) is 7.23. The van der Waals surface area contributed by atoms with Crippen LogP contribution in [0.2, 0.25) is 0 Å². The Bertz CT molecular complexity index is 435. The van der Waals surface area contributed by atoms with Crippen LogP contribution in [-0.2, 0) is 10.0 Å². The fourth-order valence-electron chi connectivity index (χ4n) is 1.40. The molecule has 0 N–H and O–H groups in total. The third-order valence-corrected chi connectivity index (χ3v) is 4.02. The lowest BCUT2D eigenvalue weighted by Gasteiger charge is -2.25. The number of thiol groups is 1. The highest BCUT2D eigenvalue weighted by Crippen LogP contribution is 2.19. The molecular formula is C11H17NO2S2. The lowest BCUT2D eigenvalue weighted by atomic mass is 10.2. The third kappa shape index (κ3) is 3.50. The van der Waals surface area contributed by atoms with Crippen LogP contribution in [0.3, 0.4) is 0 Å². The predicted octanol–water partition coefficient (Wildman–Crippen LogP) is 2.02. The van der Waals surface area contributed by atoms with Gasteiger partial charge in [0.25, 0.3) is 0 Å². The molecule has 5 heteroatoms. The molecule has 1 aromatic carbocycles. The molecule has 0 unspecified atom stereocenters. The van der Waals surface area contributed by atoms with Gasteiger partial charge in [-0.05, 0) is 26.0 Å². The van der Waals surface area contributed by atoms with Crippen molar-refractivity contribution >= 4 is 22.7 Å². The van der Waals surface area contributed by atoms with E-state index in [-0.39, 0.29) is 4.75 Å². The molecule has 0 saturated heterocycles. The summed E-state index contributed by atoms with van der Waals surface area (Å²) in [5.41, 5.74) is 0. The monoisotopic (exact) mass is 259 g/mol. The SMILES string of the molecule is CN(CC(C)(C)S)S(=O)(=O)c1ccccc1. The lowest BCUT2D eigenvalue weighted by Crippen LogP contribution is -2.36. The summed E-state index contributed by atoms with van der Waals surface area (Å²) in [5, 5.41) is 0. The predicted molar refractivity (Wildman–Crippen MR) is 69.3 cm³/mol. The average molecular weight is 259 g/mol. The van der Waals surface area contributed by atoms with Crippen LogP contribution in [0, 0.1) is 0 Å². The van der Waals surface area contributed by atoms with E-state index in [1.807, 2.05) is 13.8 Å². The van der Waals surface area contributed by atoms with Gasteiger partial charge < -0.3 is 0 Å². The number of hydrogen-bond donors (Lipinski definition) is 1. The first-order valence-electron chi connectivity index (χ1n) is 4.97. The van der Waals surface area contributed by atoms with Crippen molar-refractivity contribution in [2.24, 2.45) is 0 Å². The molecule has 0 radical (unpaired) electrons. The third-order valence-electron chi connectivity index (χ3n) is 2.06. The van der Waals surface area contributed by atoms with Gasteiger partial charge in [0.1, 0.15) is 0 Å². The molecule has 1 aromatic rings. The van der Waals surface area contributed by atoms with Crippen LogP contribution >= 0.6 is 12.6 Å². The average Bonchev–Trinajstić information content (AvgIpc) is 2.16. The molecule has 0 heterocycles. The molecule has 0 aromatic heterocycles. The Morgan fingerprint density at radius 3 is 2.19 bits per heavy atom. The van der Waals surface area contributed by atoms with Crippen molar-refractivity contribution < 1.29 is 8.42 Å². The quantitative estimate of drug-likeness (QED) is 0.840. The van der Waals surface area contributed by atoms with Gasteiger partial charge in [0.2, 0.25) is 10.0 Å². The van der Waals surface area contributed by atoms with Gasteiger partial charge in [-0.15, -0.1) is 0 Å². The second kappa shape index (κ2) is 4.77. The normalized spacial score (nSPS) is 13.1. The lowest BCUT2D eigenvalue weighted by molar-refractivity contribution is 0.437. The highest BCUT2D eigenvalue weighted by molar-refractivity contribution is 7.89. The van der Waals surface area contributed by atoms with Gasteiger partial charge in [0.15, 0.2) is 0 Å². The van der Waals surface area contributed by atoms with Crippen LogP contribution in [0.5, 0.6) is 0 Å². The molecule has 0 saturated carbocycles. The van der Waals surface area contributed by atoms with E-state index in [4.69, 9.17) is 0 Å². The standard InChI is InChI=1S/C11H17NO2S2/c1-11(2,15)9-12(3)16(13,14)10-7-5-4-6-8-10/h4-8,15H,9H2,1-3H3. The number of benzene rings is 1. The fourth-order valence-corrected chi connectivity index (χ4v) is 3.06. The molecule has 0 spiro atoms. The summed E-state index contributed by atoms with van der Waals surface area (Å²) in [4.78, 5) is 0.315. The summed E-state index contributed by atoms with van der Waals surface area (Å²) in [6.07, 6.45) is 0. The van der Waals surface area contributed by atoms with Crippen molar-refractivity contribution in [2.45, 2.75) is 23.5 Å². The first-order valence-corrected chi connectivity index (χ1v) is 6.86. The van der Waals surface area contributed by atoms with Crippen molar-refractivity contribution in [3.05, 3.63) is 30.3 Å². The van der Waals surface area contributed by atoms with E-state index in [2.05, 4.69) is 12.6 Å². The maximum absolute atomic E-state index is 12.1. The van der Waals surface area contributed by atoms with Crippen molar-refractivity contribution in [2.75, 3.05) is 13.6 Å². The summed E-state index contributed by atoms with van der Waals surface area (Å²) >= 11 is 4.33. The van der Waals surface area contributed by atoms with E-state index in [9.17, 15) is 8.42 Å². The minimum absolute atomic E-state index is 0.315. The van der Waals surface area contributed by atoms with Crippen LogP contribution in [0.4, 0.5) is 0 Å². The zero-order valence-electron chi connectivity index (χ0n) is 9.71. The number of rotatable bonds is 4. The van der Waals surface area contributed by atoms with Crippen LogP contribution in [0.15, 0.2) is 35.2 Å². The van der Waals surface area contributed by atoms with E-state index < -0.39 is 10.0 Å². The van der Waals surface area contributed by atoms with Crippen LogP contribution in [0.1, 0.15) is 13.8 Å². The Balaban J connectivity index is 2.96. The molecule has 0 aliphatic carbocycles. The van der Waals surface area contributed by atoms with E-state index in [0.717, 1.165) is 0 Å². The molecule has 0 amide bonds. The summed E-state index contributed by atoms with van der Waals surface area (Å²) in [7, 11) is -1.82. The minimum atomic E-state index is -3.39. The van der Waals surface area contributed by atoms with E-state index in [1.54, 1.807) is 37.4 Å². The van der Waals surface area contributed by atoms with Crippen molar-refractivity contribution in [1.29, 1.82) is 0 Å². The van der Waals surface area contributed by atoms with Gasteiger partial charge in [-0.2, -0.15) is 16.9 Å². The number of sulfonamides is 1. The molecule has 0 aliphatic rings.